The predicted octanol–water partition coefficient (Wildman–Crippen LogP) is 2.00. The Morgan fingerprint density at radius 1 is 1.00 bits per heavy atom. The summed E-state index contributed by atoms with van der Waals surface area (Å²) < 4.78 is 17.4. The number of carbonyl (C=O) groups excluding carboxylic acids is 1. The maximum atomic E-state index is 12.9. The maximum Gasteiger partial charge on any atom is 0.267 e. The number of anilines is 1. The van der Waals surface area contributed by atoms with Crippen LogP contribution in [0.15, 0.2) is 59.4 Å². The van der Waals surface area contributed by atoms with Gasteiger partial charge in [-0.1, -0.05) is 12.1 Å². The van der Waals surface area contributed by atoms with Crippen LogP contribution < -0.4 is 24.7 Å². The molecule has 0 radical (unpaired) electrons. The molecule has 1 saturated heterocycles. The molecule has 1 aromatic heterocycles. The zero-order valence-electron chi connectivity index (χ0n) is 18.3. The summed E-state index contributed by atoms with van der Waals surface area (Å²) in [5, 5.41) is 4.42. The van der Waals surface area contributed by atoms with Crippen molar-refractivity contribution in [2.75, 3.05) is 45.0 Å². The number of amides is 1. The van der Waals surface area contributed by atoms with E-state index in [9.17, 15) is 9.59 Å². The van der Waals surface area contributed by atoms with Gasteiger partial charge in [0, 0.05) is 37.8 Å². The van der Waals surface area contributed by atoms with Crippen molar-refractivity contribution in [2.45, 2.75) is 6.54 Å². The topological polar surface area (TPSA) is 86.1 Å². The zero-order valence-corrected chi connectivity index (χ0v) is 18.3. The minimum absolute atomic E-state index is 0.105. The van der Waals surface area contributed by atoms with E-state index in [4.69, 9.17) is 14.2 Å². The van der Waals surface area contributed by atoms with Gasteiger partial charge < -0.3 is 24.0 Å². The summed E-state index contributed by atoms with van der Waals surface area (Å²) >= 11 is 0. The van der Waals surface area contributed by atoms with Crippen molar-refractivity contribution in [1.29, 1.82) is 0 Å². The normalized spacial score (nSPS) is 14.9. The number of benzene rings is 2. The molecular weight excluding hydrogens is 424 g/mol. The summed E-state index contributed by atoms with van der Waals surface area (Å²) in [5.41, 5.74) is 2.06. The Morgan fingerprint density at radius 2 is 1.79 bits per heavy atom. The molecule has 1 fully saturated rings. The van der Waals surface area contributed by atoms with Crippen LogP contribution in [0, 0.1) is 0 Å². The molecule has 0 spiro atoms. The fourth-order valence-corrected chi connectivity index (χ4v) is 4.09. The number of hydrogen-bond acceptors (Lipinski definition) is 7. The molecule has 2 aliphatic rings. The summed E-state index contributed by atoms with van der Waals surface area (Å²) in [6, 6.07) is 16.4. The van der Waals surface area contributed by atoms with Crippen molar-refractivity contribution < 1.29 is 19.0 Å². The minimum Gasteiger partial charge on any atom is -0.495 e. The Bertz CT molecular complexity index is 1230. The van der Waals surface area contributed by atoms with Crippen molar-refractivity contribution in [2.24, 2.45) is 0 Å². The number of carbonyl (C=O) groups is 1. The van der Waals surface area contributed by atoms with E-state index in [2.05, 4.69) is 10.00 Å². The van der Waals surface area contributed by atoms with Crippen molar-refractivity contribution >= 4 is 11.6 Å². The fraction of sp³-hybridized carbons (Fsp3) is 0.292. The van der Waals surface area contributed by atoms with E-state index in [1.54, 1.807) is 24.1 Å². The molecule has 2 aromatic carbocycles. The molecule has 0 atom stereocenters. The Balaban J connectivity index is 1.27. The molecule has 0 saturated carbocycles. The lowest BCUT2D eigenvalue weighted by atomic mass is 10.1. The van der Waals surface area contributed by atoms with Crippen LogP contribution >= 0.6 is 0 Å². The summed E-state index contributed by atoms with van der Waals surface area (Å²) in [6.07, 6.45) is 0. The van der Waals surface area contributed by atoms with E-state index >= 15 is 0 Å². The first-order chi connectivity index (χ1) is 16.1. The maximum absolute atomic E-state index is 12.9. The molecule has 2 aliphatic heterocycles. The molecule has 0 aliphatic carbocycles. The van der Waals surface area contributed by atoms with Gasteiger partial charge in [-0.3, -0.25) is 9.59 Å². The van der Waals surface area contributed by atoms with Crippen LogP contribution in [0.25, 0.3) is 11.3 Å². The Hall–Kier alpha value is -4.01. The Labute approximate surface area is 190 Å². The first-order valence-corrected chi connectivity index (χ1v) is 10.8. The van der Waals surface area contributed by atoms with E-state index in [1.807, 2.05) is 36.4 Å². The third-order valence-electron chi connectivity index (χ3n) is 5.88. The molecule has 1 amide bonds. The van der Waals surface area contributed by atoms with Crippen LogP contribution in [0.5, 0.6) is 17.2 Å². The molecule has 9 nitrogen and oxygen atoms in total. The van der Waals surface area contributed by atoms with Gasteiger partial charge in [-0.15, -0.1) is 0 Å². The van der Waals surface area contributed by atoms with E-state index in [0.717, 1.165) is 17.0 Å². The van der Waals surface area contributed by atoms with Crippen LogP contribution in [0.4, 0.5) is 5.69 Å². The van der Waals surface area contributed by atoms with Crippen LogP contribution in [-0.2, 0) is 11.3 Å². The molecule has 0 unspecified atom stereocenters. The van der Waals surface area contributed by atoms with Gasteiger partial charge in [0.05, 0.1) is 18.5 Å². The molecular formula is C24H24N4O5. The largest absolute Gasteiger partial charge is 0.495 e. The van der Waals surface area contributed by atoms with Gasteiger partial charge in [0.2, 0.25) is 12.7 Å². The second-order valence-corrected chi connectivity index (χ2v) is 7.82. The molecule has 3 aromatic rings. The standard InChI is InChI=1S/C24H24N4O5/c1-31-20-5-3-2-4-19(20)26-10-12-27(13-11-26)24(30)15-28-23(29)9-7-18(25-28)17-6-8-21-22(14-17)33-16-32-21/h2-9,14H,10-13,15-16H2,1H3. The van der Waals surface area contributed by atoms with Crippen molar-refractivity contribution in [3.05, 3.63) is 65.0 Å². The van der Waals surface area contributed by atoms with E-state index in [0.29, 0.717) is 43.4 Å². The summed E-state index contributed by atoms with van der Waals surface area (Å²) in [6.45, 7) is 2.58. The average Bonchev–Trinajstić information content (AvgIpc) is 3.33. The second kappa shape index (κ2) is 8.85. The number of methoxy groups -OCH3 is 1. The van der Waals surface area contributed by atoms with E-state index in [1.165, 1.54) is 10.7 Å². The SMILES string of the molecule is COc1ccccc1N1CCN(C(=O)Cn2nc(-c3ccc4c(c3)OCO4)ccc2=O)CC1. The predicted molar refractivity (Wildman–Crippen MR) is 122 cm³/mol. The first kappa shape index (κ1) is 20.9. The Kier molecular flexibility index (Phi) is 5.60. The van der Waals surface area contributed by atoms with Crippen molar-refractivity contribution in [3.8, 4) is 28.5 Å². The monoisotopic (exact) mass is 448 g/mol. The van der Waals surface area contributed by atoms with Gasteiger partial charge in [0.1, 0.15) is 12.3 Å². The van der Waals surface area contributed by atoms with E-state index in [-0.39, 0.29) is 24.8 Å². The molecule has 9 heteroatoms. The highest BCUT2D eigenvalue weighted by molar-refractivity contribution is 5.76. The number of rotatable bonds is 5. The van der Waals surface area contributed by atoms with Crippen molar-refractivity contribution in [1.82, 2.24) is 14.7 Å². The first-order valence-electron chi connectivity index (χ1n) is 10.8. The van der Waals surface area contributed by atoms with E-state index < -0.39 is 0 Å². The minimum atomic E-state index is -0.319. The third-order valence-corrected chi connectivity index (χ3v) is 5.88. The highest BCUT2D eigenvalue weighted by atomic mass is 16.7. The highest BCUT2D eigenvalue weighted by Crippen LogP contribution is 2.35. The lowest BCUT2D eigenvalue weighted by molar-refractivity contribution is -0.132. The van der Waals surface area contributed by atoms with Gasteiger partial charge in [-0.25, -0.2) is 4.68 Å². The average molecular weight is 448 g/mol. The lowest BCUT2D eigenvalue weighted by Crippen LogP contribution is -2.50. The fourth-order valence-electron chi connectivity index (χ4n) is 4.09. The van der Waals surface area contributed by atoms with Crippen LogP contribution in [0.1, 0.15) is 0 Å². The second-order valence-electron chi connectivity index (χ2n) is 7.82. The highest BCUT2D eigenvalue weighted by Gasteiger charge is 2.23. The molecule has 0 bridgehead atoms. The molecule has 5 rings (SSSR count). The zero-order chi connectivity index (χ0) is 22.8. The number of hydrogen-bond donors (Lipinski definition) is 0. The Morgan fingerprint density at radius 3 is 2.61 bits per heavy atom. The number of aromatic nitrogens is 2. The van der Waals surface area contributed by atoms with Crippen LogP contribution in [-0.4, -0.2) is 60.7 Å². The molecule has 170 valence electrons. The number of para-hydroxylation sites is 2. The van der Waals surface area contributed by atoms with Crippen LogP contribution in [0.3, 0.4) is 0 Å². The van der Waals surface area contributed by atoms with Gasteiger partial charge in [0.15, 0.2) is 11.5 Å². The third kappa shape index (κ3) is 4.21. The summed E-state index contributed by atoms with van der Waals surface area (Å²) in [4.78, 5) is 29.3. The summed E-state index contributed by atoms with van der Waals surface area (Å²) in [7, 11) is 1.65. The number of fused-ring (bicyclic) bond motifs is 1. The van der Waals surface area contributed by atoms with Gasteiger partial charge >= 0.3 is 0 Å². The smallest absolute Gasteiger partial charge is 0.267 e. The number of nitrogens with zero attached hydrogens (tertiary/aromatic N) is 4. The quantitative estimate of drug-likeness (QED) is 0.590. The lowest BCUT2D eigenvalue weighted by Gasteiger charge is -2.36. The van der Waals surface area contributed by atoms with Gasteiger partial charge in [-0.05, 0) is 36.4 Å². The van der Waals surface area contributed by atoms with Crippen LogP contribution in [0.2, 0.25) is 0 Å². The summed E-state index contributed by atoms with van der Waals surface area (Å²) in [5.74, 6) is 1.99. The van der Waals surface area contributed by atoms with Crippen molar-refractivity contribution in [3.63, 3.8) is 0 Å². The number of ether oxygens (including phenoxy) is 3. The van der Waals surface area contributed by atoms with Gasteiger partial charge in [-0.2, -0.15) is 5.10 Å². The molecule has 0 N–H and O–H groups in total. The molecule has 3 heterocycles. The number of piperazine rings is 1. The molecule has 33 heavy (non-hydrogen) atoms. The van der Waals surface area contributed by atoms with Gasteiger partial charge in [0.25, 0.3) is 5.56 Å².